The standard InChI is InChI=1S/C16H11Cl7O4S/c17-10-1-2-13(20)14(6-10)28(25,26)27-8-15(24,7-16(21,22)23)9-3-11(18)5-12(19)4-9/h1-6,24H,7-8H2. The highest BCUT2D eigenvalue weighted by atomic mass is 35.6. The Kier molecular flexibility index (Phi) is 8.11. The smallest absolute Gasteiger partial charge is 0.298 e. The molecule has 4 nitrogen and oxygen atoms in total. The molecular weight excluding hydrogens is 536 g/mol. The third kappa shape index (κ3) is 6.67. The van der Waals surface area contributed by atoms with Crippen molar-refractivity contribution in [1.82, 2.24) is 0 Å². The van der Waals surface area contributed by atoms with Crippen molar-refractivity contribution in [2.45, 2.75) is 20.7 Å². The van der Waals surface area contributed by atoms with E-state index in [0.29, 0.717) is 0 Å². The maximum absolute atomic E-state index is 12.6. The first-order valence-electron chi connectivity index (χ1n) is 7.32. The molecule has 1 N–H and O–H groups in total. The van der Waals surface area contributed by atoms with Crippen LogP contribution in [-0.4, -0.2) is 23.9 Å². The van der Waals surface area contributed by atoms with Crippen molar-refractivity contribution in [2.24, 2.45) is 0 Å². The molecule has 0 aromatic heterocycles. The van der Waals surface area contributed by atoms with Crippen molar-refractivity contribution in [3.05, 3.63) is 62.1 Å². The van der Waals surface area contributed by atoms with E-state index in [4.69, 9.17) is 85.4 Å². The third-order valence-corrected chi connectivity index (χ3v) is 6.33. The Morgan fingerprint density at radius 3 is 2.00 bits per heavy atom. The summed E-state index contributed by atoms with van der Waals surface area (Å²) in [4.78, 5) is -0.373. The van der Waals surface area contributed by atoms with Gasteiger partial charge in [0, 0.05) is 21.5 Å². The highest BCUT2D eigenvalue weighted by Gasteiger charge is 2.40. The average Bonchev–Trinajstić information content (AvgIpc) is 2.53. The lowest BCUT2D eigenvalue weighted by Crippen LogP contribution is -2.37. The fourth-order valence-electron chi connectivity index (χ4n) is 2.30. The van der Waals surface area contributed by atoms with E-state index in [0.717, 1.165) is 6.07 Å². The van der Waals surface area contributed by atoms with Crippen LogP contribution in [0.15, 0.2) is 41.3 Å². The third-order valence-electron chi connectivity index (χ3n) is 3.51. The molecular formula is C16H11Cl7O4S. The summed E-state index contributed by atoms with van der Waals surface area (Å²) in [5, 5.41) is 11.5. The lowest BCUT2D eigenvalue weighted by atomic mass is 9.92. The van der Waals surface area contributed by atoms with Gasteiger partial charge in [0.25, 0.3) is 10.1 Å². The van der Waals surface area contributed by atoms with Crippen LogP contribution in [0.1, 0.15) is 12.0 Å². The molecule has 0 saturated heterocycles. The summed E-state index contributed by atoms with van der Waals surface area (Å²) in [6, 6.07) is 7.95. The van der Waals surface area contributed by atoms with Gasteiger partial charge in [-0.25, -0.2) is 0 Å². The van der Waals surface area contributed by atoms with Gasteiger partial charge in [-0.1, -0.05) is 81.2 Å². The fraction of sp³-hybridized carbons (Fsp3) is 0.250. The van der Waals surface area contributed by atoms with Gasteiger partial charge in [0.1, 0.15) is 10.5 Å². The van der Waals surface area contributed by atoms with Crippen molar-refractivity contribution >= 4 is 91.3 Å². The van der Waals surface area contributed by atoms with Gasteiger partial charge in [-0.05, 0) is 42.0 Å². The number of hydrogen-bond donors (Lipinski definition) is 1. The molecule has 12 heteroatoms. The molecule has 28 heavy (non-hydrogen) atoms. The van der Waals surface area contributed by atoms with Gasteiger partial charge in [0.05, 0.1) is 11.6 Å². The predicted octanol–water partition coefficient (Wildman–Crippen LogP) is 6.65. The van der Waals surface area contributed by atoms with Crippen LogP contribution in [0, 0.1) is 0 Å². The molecule has 0 aliphatic carbocycles. The molecule has 2 aromatic rings. The van der Waals surface area contributed by atoms with Crippen LogP contribution in [0.4, 0.5) is 0 Å². The molecule has 1 unspecified atom stereocenters. The Morgan fingerprint density at radius 1 is 0.893 bits per heavy atom. The van der Waals surface area contributed by atoms with Gasteiger partial charge >= 0.3 is 0 Å². The minimum Gasteiger partial charge on any atom is -0.383 e. The van der Waals surface area contributed by atoms with Crippen molar-refractivity contribution in [3.8, 4) is 0 Å². The number of aliphatic hydroxyl groups is 1. The second-order valence-electron chi connectivity index (χ2n) is 5.77. The second kappa shape index (κ2) is 9.23. The molecule has 2 aromatic carbocycles. The zero-order valence-electron chi connectivity index (χ0n) is 13.6. The molecule has 0 aliphatic heterocycles. The topological polar surface area (TPSA) is 63.6 Å². The average molecular weight is 547 g/mol. The summed E-state index contributed by atoms with van der Waals surface area (Å²) in [5.74, 6) is 0. The second-order valence-corrected chi connectivity index (χ2v) is 11.6. The Bertz CT molecular complexity index is 955. The summed E-state index contributed by atoms with van der Waals surface area (Å²) in [7, 11) is -4.40. The molecule has 154 valence electrons. The first-order valence-corrected chi connectivity index (χ1v) is 11.4. The molecule has 0 amide bonds. The van der Waals surface area contributed by atoms with Crippen molar-refractivity contribution in [2.75, 3.05) is 6.61 Å². The molecule has 0 spiro atoms. The van der Waals surface area contributed by atoms with Crippen molar-refractivity contribution < 1.29 is 17.7 Å². The van der Waals surface area contributed by atoms with Crippen LogP contribution in [0.2, 0.25) is 20.1 Å². The van der Waals surface area contributed by atoms with Crippen LogP contribution in [0.25, 0.3) is 0 Å². The van der Waals surface area contributed by atoms with E-state index in [2.05, 4.69) is 0 Å². The zero-order valence-corrected chi connectivity index (χ0v) is 19.7. The molecule has 0 saturated carbocycles. The van der Waals surface area contributed by atoms with Crippen LogP contribution in [0.5, 0.6) is 0 Å². The van der Waals surface area contributed by atoms with Crippen LogP contribution < -0.4 is 0 Å². The minimum absolute atomic E-state index is 0.101. The molecule has 0 aliphatic rings. The van der Waals surface area contributed by atoms with Crippen LogP contribution >= 0.6 is 81.2 Å². The van der Waals surface area contributed by atoms with Gasteiger partial charge in [-0.3, -0.25) is 4.18 Å². The number of hydrogen-bond acceptors (Lipinski definition) is 4. The number of alkyl halides is 3. The van der Waals surface area contributed by atoms with E-state index in [1.54, 1.807) is 0 Å². The van der Waals surface area contributed by atoms with E-state index >= 15 is 0 Å². The van der Waals surface area contributed by atoms with Crippen molar-refractivity contribution in [1.29, 1.82) is 0 Å². The molecule has 1 atom stereocenters. The quantitative estimate of drug-likeness (QED) is 0.325. The molecule has 0 heterocycles. The van der Waals surface area contributed by atoms with E-state index in [1.807, 2.05) is 0 Å². The van der Waals surface area contributed by atoms with Crippen LogP contribution in [0.3, 0.4) is 0 Å². The fourth-order valence-corrected chi connectivity index (χ4v) is 5.18. The number of rotatable bonds is 6. The number of halogens is 7. The largest absolute Gasteiger partial charge is 0.383 e. The number of benzene rings is 2. The van der Waals surface area contributed by atoms with E-state index in [1.165, 1.54) is 30.3 Å². The summed E-state index contributed by atoms with van der Waals surface area (Å²) >= 11 is 41.1. The lowest BCUT2D eigenvalue weighted by Gasteiger charge is -2.31. The molecule has 0 fully saturated rings. The lowest BCUT2D eigenvalue weighted by molar-refractivity contribution is -0.0141. The summed E-state index contributed by atoms with van der Waals surface area (Å²) in [6.45, 7) is -0.803. The van der Waals surface area contributed by atoms with Gasteiger partial charge in [-0.2, -0.15) is 8.42 Å². The van der Waals surface area contributed by atoms with Crippen LogP contribution in [-0.2, 0) is 19.9 Å². The maximum atomic E-state index is 12.6. The monoisotopic (exact) mass is 544 g/mol. The Morgan fingerprint density at radius 2 is 1.46 bits per heavy atom. The van der Waals surface area contributed by atoms with E-state index in [-0.39, 0.29) is 30.5 Å². The summed E-state index contributed by atoms with van der Waals surface area (Å²) in [5.41, 5.74) is -1.96. The Balaban J connectivity index is 2.42. The Hall–Kier alpha value is 0.340. The zero-order chi connectivity index (χ0) is 21.3. The first kappa shape index (κ1) is 24.6. The minimum atomic E-state index is -4.40. The first-order chi connectivity index (χ1) is 12.7. The van der Waals surface area contributed by atoms with Gasteiger partial charge in [-0.15, -0.1) is 0 Å². The highest BCUT2D eigenvalue weighted by molar-refractivity contribution is 7.86. The SMILES string of the molecule is O=S(=O)(OCC(O)(CC(Cl)(Cl)Cl)c1cc(Cl)cc(Cl)c1)c1cc(Cl)ccc1Cl. The maximum Gasteiger partial charge on any atom is 0.298 e. The van der Waals surface area contributed by atoms with Gasteiger partial charge in [0.2, 0.25) is 0 Å². The Labute approximate surface area is 197 Å². The van der Waals surface area contributed by atoms with Gasteiger partial charge in [0.15, 0.2) is 3.79 Å². The summed E-state index contributed by atoms with van der Waals surface area (Å²) < 4.78 is 28.2. The molecule has 0 bridgehead atoms. The van der Waals surface area contributed by atoms with Gasteiger partial charge < -0.3 is 5.11 Å². The van der Waals surface area contributed by atoms with E-state index < -0.39 is 32.5 Å². The normalized spacial score (nSPS) is 14.7. The van der Waals surface area contributed by atoms with E-state index in [9.17, 15) is 13.5 Å². The summed E-state index contributed by atoms with van der Waals surface area (Å²) in [6.07, 6.45) is -0.514. The predicted molar refractivity (Wildman–Crippen MR) is 115 cm³/mol. The molecule has 2 rings (SSSR count). The molecule has 0 radical (unpaired) electrons. The highest BCUT2D eigenvalue weighted by Crippen LogP contribution is 2.42. The van der Waals surface area contributed by atoms with Crippen molar-refractivity contribution in [3.63, 3.8) is 0 Å².